The third-order valence-electron chi connectivity index (χ3n) is 9.01. The Morgan fingerprint density at radius 1 is 0.326 bits per heavy atom. The van der Waals surface area contributed by atoms with Gasteiger partial charge >= 0.3 is 5.97 Å². The molecule has 2 N–H and O–H groups in total. The topological polar surface area (TPSA) is 57.5 Å². The summed E-state index contributed by atoms with van der Waals surface area (Å²) in [4.78, 5) is 10.2. The van der Waals surface area contributed by atoms with Crippen LogP contribution in [0.4, 0.5) is 0 Å². The van der Waals surface area contributed by atoms with E-state index >= 15 is 0 Å². The third kappa shape index (κ3) is 48.5. The molecule has 43 heavy (non-hydrogen) atoms. The summed E-state index contributed by atoms with van der Waals surface area (Å²) < 4.78 is 0. The number of aliphatic hydroxyl groups excluding tert-OH is 1. The molecule has 3 heteroatoms. The minimum atomic E-state index is -0.659. The van der Waals surface area contributed by atoms with Crippen LogP contribution in [0.2, 0.25) is 0 Å². The lowest BCUT2D eigenvalue weighted by molar-refractivity contribution is -0.137. The number of hydrogen-bond acceptors (Lipinski definition) is 2. The van der Waals surface area contributed by atoms with E-state index in [9.17, 15) is 4.79 Å². The predicted molar refractivity (Wildman–Crippen MR) is 192 cm³/mol. The molecule has 0 amide bonds. The second-order valence-corrected chi connectivity index (χ2v) is 13.5. The van der Waals surface area contributed by atoms with E-state index in [1.54, 1.807) is 0 Å². The molecule has 0 heterocycles. The summed E-state index contributed by atoms with van der Waals surface area (Å²) in [6.07, 6.45) is 48.6. The molecule has 0 aliphatic heterocycles. The van der Waals surface area contributed by atoms with Crippen LogP contribution < -0.4 is 0 Å². The van der Waals surface area contributed by atoms with E-state index in [0.29, 0.717) is 13.0 Å². The van der Waals surface area contributed by atoms with Gasteiger partial charge in [0.2, 0.25) is 0 Å². The van der Waals surface area contributed by atoms with Crippen LogP contribution in [0.3, 0.4) is 0 Å². The van der Waals surface area contributed by atoms with Crippen molar-refractivity contribution in [1.82, 2.24) is 0 Å². The van der Waals surface area contributed by atoms with Crippen LogP contribution in [-0.2, 0) is 4.79 Å². The molecule has 0 saturated carbocycles. The minimum absolute atomic E-state index is 0.343. The Hall–Kier alpha value is -0.570. The molecule has 0 aromatic carbocycles. The van der Waals surface area contributed by atoms with Crippen LogP contribution in [0.15, 0.2) is 0 Å². The first-order valence-corrected chi connectivity index (χ1v) is 20.0. The first kappa shape index (κ1) is 44.6. The zero-order chi connectivity index (χ0) is 31.7. The number of carbonyl (C=O) groups is 1. The van der Waals surface area contributed by atoms with Crippen molar-refractivity contribution in [3.63, 3.8) is 0 Å². The minimum Gasteiger partial charge on any atom is -0.481 e. The van der Waals surface area contributed by atoms with E-state index in [2.05, 4.69) is 13.8 Å². The first-order chi connectivity index (χ1) is 21.2. The van der Waals surface area contributed by atoms with E-state index in [1.807, 2.05) is 0 Å². The Balaban J connectivity index is 0. The van der Waals surface area contributed by atoms with Gasteiger partial charge in [-0.05, 0) is 12.8 Å². The number of carboxylic acids is 1. The number of aliphatic hydroxyl groups is 1. The fraction of sp³-hybridized carbons (Fsp3) is 0.975. The maximum absolute atomic E-state index is 10.2. The lowest BCUT2D eigenvalue weighted by atomic mass is 10.0. The van der Waals surface area contributed by atoms with Gasteiger partial charge in [0.15, 0.2) is 0 Å². The molecule has 0 aromatic heterocycles. The summed E-state index contributed by atoms with van der Waals surface area (Å²) in [7, 11) is 0. The first-order valence-electron chi connectivity index (χ1n) is 20.0. The van der Waals surface area contributed by atoms with Crippen LogP contribution in [0.5, 0.6) is 0 Å². The van der Waals surface area contributed by atoms with Gasteiger partial charge in [0.25, 0.3) is 0 Å². The van der Waals surface area contributed by atoms with E-state index in [1.165, 1.54) is 205 Å². The normalized spacial score (nSPS) is 11.0. The fourth-order valence-electron chi connectivity index (χ4n) is 6.01. The summed E-state index contributed by atoms with van der Waals surface area (Å²) in [6, 6.07) is 0. The quantitative estimate of drug-likeness (QED) is 0.0694. The molecule has 0 atom stereocenters. The van der Waals surface area contributed by atoms with Crippen molar-refractivity contribution in [3.8, 4) is 0 Å². The van der Waals surface area contributed by atoms with Gasteiger partial charge in [0, 0.05) is 13.0 Å². The summed E-state index contributed by atoms with van der Waals surface area (Å²) in [5, 5.41) is 17.2. The monoisotopic (exact) mass is 611 g/mol. The second-order valence-electron chi connectivity index (χ2n) is 13.5. The molecule has 0 spiro atoms. The van der Waals surface area contributed by atoms with E-state index in [4.69, 9.17) is 10.2 Å². The summed E-state index contributed by atoms with van der Waals surface area (Å²) in [5.41, 5.74) is 0. The Morgan fingerprint density at radius 2 is 0.512 bits per heavy atom. The standard InChI is InChI=1S/C28H58O.C12H24O2/c1-2-3-4-5-6-7-8-9-10-11-12-13-14-15-16-17-18-19-20-21-22-23-24-25-26-27-28-29;1-2-3-4-5-6-7-8-9-10-11-12(13)14/h29H,2-28H2,1H3;2-11H2,1H3,(H,13,14). The highest BCUT2D eigenvalue weighted by molar-refractivity contribution is 5.66. The van der Waals surface area contributed by atoms with Crippen LogP contribution in [0.1, 0.15) is 245 Å². The van der Waals surface area contributed by atoms with E-state index < -0.39 is 5.97 Å². The molecule has 0 aliphatic rings. The van der Waals surface area contributed by atoms with Gasteiger partial charge in [0.1, 0.15) is 0 Å². The van der Waals surface area contributed by atoms with Crippen LogP contribution >= 0.6 is 0 Å². The lowest BCUT2D eigenvalue weighted by Crippen LogP contribution is -1.93. The average Bonchev–Trinajstić information content (AvgIpc) is 3.00. The molecule has 0 radical (unpaired) electrons. The Labute approximate surface area is 272 Å². The van der Waals surface area contributed by atoms with Crippen molar-refractivity contribution in [2.24, 2.45) is 0 Å². The van der Waals surface area contributed by atoms with Crippen molar-refractivity contribution in [3.05, 3.63) is 0 Å². The van der Waals surface area contributed by atoms with E-state index in [-0.39, 0.29) is 0 Å². The van der Waals surface area contributed by atoms with Crippen LogP contribution in [0, 0.1) is 0 Å². The Morgan fingerprint density at radius 3 is 0.698 bits per heavy atom. The highest BCUT2D eigenvalue weighted by Gasteiger charge is 1.97. The maximum Gasteiger partial charge on any atom is 0.303 e. The maximum atomic E-state index is 10.2. The van der Waals surface area contributed by atoms with Crippen LogP contribution in [-0.4, -0.2) is 22.8 Å². The predicted octanol–water partition coefficient (Wildman–Crippen LogP) is 14.1. The number of carboxylic acid groups (broad SMARTS) is 1. The van der Waals surface area contributed by atoms with Crippen molar-refractivity contribution in [2.75, 3.05) is 6.61 Å². The molecule has 3 nitrogen and oxygen atoms in total. The fourth-order valence-corrected chi connectivity index (χ4v) is 6.01. The largest absolute Gasteiger partial charge is 0.481 e. The van der Waals surface area contributed by atoms with Crippen molar-refractivity contribution in [2.45, 2.75) is 245 Å². The van der Waals surface area contributed by atoms with Gasteiger partial charge in [-0.25, -0.2) is 0 Å². The smallest absolute Gasteiger partial charge is 0.303 e. The molecule has 0 saturated heterocycles. The highest BCUT2D eigenvalue weighted by atomic mass is 16.4. The molecule has 0 rings (SSSR count). The van der Waals surface area contributed by atoms with Gasteiger partial charge in [-0.3, -0.25) is 4.79 Å². The summed E-state index contributed by atoms with van der Waals surface area (Å²) in [5.74, 6) is -0.659. The number of hydrogen-bond donors (Lipinski definition) is 2. The molecule has 0 unspecified atom stereocenters. The number of unbranched alkanes of at least 4 members (excludes halogenated alkanes) is 33. The SMILES string of the molecule is CCCCCCCCCCCC(=O)O.CCCCCCCCCCCCCCCCCCCCCCCCCCCCO. The molecular weight excluding hydrogens is 528 g/mol. The molecule has 260 valence electrons. The Bertz CT molecular complexity index is 452. The molecule has 0 aliphatic carbocycles. The molecule has 0 bridgehead atoms. The highest BCUT2D eigenvalue weighted by Crippen LogP contribution is 2.16. The second kappa shape index (κ2) is 43.6. The average molecular weight is 611 g/mol. The van der Waals surface area contributed by atoms with Crippen molar-refractivity contribution >= 4 is 5.97 Å². The van der Waals surface area contributed by atoms with Crippen LogP contribution in [0.25, 0.3) is 0 Å². The number of rotatable bonds is 36. The van der Waals surface area contributed by atoms with Gasteiger partial charge in [-0.2, -0.15) is 0 Å². The Kier molecular flexibility index (Phi) is 45.1. The molecular formula is C40H82O3. The van der Waals surface area contributed by atoms with Crippen molar-refractivity contribution in [1.29, 1.82) is 0 Å². The zero-order valence-electron chi connectivity index (χ0n) is 30.0. The van der Waals surface area contributed by atoms with Crippen molar-refractivity contribution < 1.29 is 15.0 Å². The van der Waals surface area contributed by atoms with Gasteiger partial charge in [-0.1, -0.05) is 226 Å². The van der Waals surface area contributed by atoms with Gasteiger partial charge < -0.3 is 10.2 Å². The third-order valence-corrected chi connectivity index (χ3v) is 9.01. The zero-order valence-corrected chi connectivity index (χ0v) is 30.0. The summed E-state index contributed by atoms with van der Waals surface area (Å²) >= 11 is 0. The summed E-state index contributed by atoms with van der Waals surface area (Å²) in [6.45, 7) is 4.90. The lowest BCUT2D eigenvalue weighted by Gasteiger charge is -2.04. The molecule has 0 aromatic rings. The number of aliphatic carboxylic acids is 1. The van der Waals surface area contributed by atoms with Gasteiger partial charge in [-0.15, -0.1) is 0 Å². The molecule has 0 fully saturated rings. The van der Waals surface area contributed by atoms with E-state index in [0.717, 1.165) is 19.3 Å². The van der Waals surface area contributed by atoms with Gasteiger partial charge in [0.05, 0.1) is 0 Å².